The Morgan fingerprint density at radius 1 is 1.22 bits per heavy atom. The summed E-state index contributed by atoms with van der Waals surface area (Å²) in [6, 6.07) is 0. The summed E-state index contributed by atoms with van der Waals surface area (Å²) in [6.07, 6.45) is 7.24. The zero-order valence-corrected chi connectivity index (χ0v) is 11.7. The Bertz CT molecular complexity index is 203. The number of aliphatic hydroxyl groups is 1. The van der Waals surface area contributed by atoms with Gasteiger partial charge in [-0.1, -0.05) is 19.8 Å². The summed E-state index contributed by atoms with van der Waals surface area (Å²) in [4.78, 5) is 0. The summed E-state index contributed by atoms with van der Waals surface area (Å²) in [7, 11) is 0. The van der Waals surface area contributed by atoms with Crippen molar-refractivity contribution in [2.24, 2.45) is 11.7 Å². The summed E-state index contributed by atoms with van der Waals surface area (Å²) in [5.41, 5.74) is 5.77. The first-order valence-corrected chi connectivity index (χ1v) is 7.29. The smallest absolute Gasteiger partial charge is 0.0805 e. The number of nitrogens with two attached hydrogens (primary N) is 1. The van der Waals surface area contributed by atoms with Gasteiger partial charge in [-0.05, 0) is 31.6 Å². The van der Waals surface area contributed by atoms with Gasteiger partial charge in [0, 0.05) is 6.54 Å². The minimum absolute atomic E-state index is 0.0702. The van der Waals surface area contributed by atoms with Crippen LogP contribution in [0.15, 0.2) is 0 Å². The average molecular weight is 259 g/mol. The second-order valence-electron chi connectivity index (χ2n) is 5.30. The fraction of sp³-hybridized carbons (Fsp3) is 1.00. The van der Waals surface area contributed by atoms with Gasteiger partial charge in [0.15, 0.2) is 0 Å². The predicted octanol–water partition coefficient (Wildman–Crippen LogP) is 1.70. The monoisotopic (exact) mass is 259 g/mol. The molecule has 1 aliphatic rings. The molecule has 1 rings (SSSR count). The molecule has 108 valence electrons. The lowest BCUT2D eigenvalue weighted by molar-refractivity contribution is -0.0900. The van der Waals surface area contributed by atoms with Gasteiger partial charge in [0.2, 0.25) is 0 Å². The van der Waals surface area contributed by atoms with Crippen molar-refractivity contribution in [1.29, 1.82) is 0 Å². The van der Waals surface area contributed by atoms with Crippen LogP contribution in [0.2, 0.25) is 0 Å². The molecule has 0 radical (unpaired) electrons. The number of hydrogen-bond donors (Lipinski definition) is 2. The van der Waals surface area contributed by atoms with Gasteiger partial charge in [0.1, 0.15) is 0 Å². The van der Waals surface area contributed by atoms with E-state index in [0.717, 1.165) is 18.8 Å². The SMILES string of the molecule is CCCC1CCC(CN)(OCCOCCO)CC1. The molecule has 0 aromatic rings. The van der Waals surface area contributed by atoms with E-state index in [1.807, 2.05) is 0 Å². The molecule has 0 amide bonds. The molecule has 4 heteroatoms. The van der Waals surface area contributed by atoms with Gasteiger partial charge in [-0.15, -0.1) is 0 Å². The van der Waals surface area contributed by atoms with Crippen molar-refractivity contribution in [3.63, 3.8) is 0 Å². The van der Waals surface area contributed by atoms with Gasteiger partial charge < -0.3 is 20.3 Å². The first kappa shape index (κ1) is 15.9. The molecule has 0 atom stereocenters. The molecular weight excluding hydrogens is 230 g/mol. The topological polar surface area (TPSA) is 64.7 Å². The number of rotatable bonds is 9. The Morgan fingerprint density at radius 3 is 2.50 bits per heavy atom. The van der Waals surface area contributed by atoms with Crippen molar-refractivity contribution in [3.05, 3.63) is 0 Å². The third-order valence-electron chi connectivity index (χ3n) is 3.96. The molecule has 0 bridgehead atoms. The Balaban J connectivity index is 2.23. The molecule has 3 N–H and O–H groups in total. The van der Waals surface area contributed by atoms with E-state index >= 15 is 0 Å². The Morgan fingerprint density at radius 2 is 1.94 bits per heavy atom. The van der Waals surface area contributed by atoms with Crippen LogP contribution in [0, 0.1) is 5.92 Å². The maximum absolute atomic E-state index is 8.61. The van der Waals surface area contributed by atoms with Crippen molar-refractivity contribution in [3.8, 4) is 0 Å². The largest absolute Gasteiger partial charge is 0.394 e. The van der Waals surface area contributed by atoms with E-state index in [1.165, 1.54) is 25.7 Å². The molecule has 4 nitrogen and oxygen atoms in total. The van der Waals surface area contributed by atoms with Crippen LogP contribution >= 0.6 is 0 Å². The summed E-state index contributed by atoms with van der Waals surface area (Å²) >= 11 is 0. The summed E-state index contributed by atoms with van der Waals surface area (Å²) in [5, 5.41) is 8.61. The third kappa shape index (κ3) is 5.22. The normalized spacial score (nSPS) is 28.5. The van der Waals surface area contributed by atoms with E-state index in [4.69, 9.17) is 20.3 Å². The molecular formula is C14H29NO3. The molecule has 1 saturated carbocycles. The third-order valence-corrected chi connectivity index (χ3v) is 3.96. The van der Waals surface area contributed by atoms with E-state index in [9.17, 15) is 0 Å². The molecule has 0 unspecified atom stereocenters. The summed E-state index contributed by atoms with van der Waals surface area (Å²) < 4.78 is 11.2. The van der Waals surface area contributed by atoms with Gasteiger partial charge >= 0.3 is 0 Å². The van der Waals surface area contributed by atoms with Crippen LogP contribution in [0.5, 0.6) is 0 Å². The minimum atomic E-state index is -0.118. The zero-order valence-electron chi connectivity index (χ0n) is 11.7. The number of hydrogen-bond acceptors (Lipinski definition) is 4. The molecule has 0 spiro atoms. The maximum atomic E-state index is 8.61. The molecule has 18 heavy (non-hydrogen) atoms. The standard InChI is InChI=1S/C14H29NO3/c1-2-3-13-4-6-14(12-15,7-5-13)18-11-10-17-9-8-16/h13,16H,2-12,15H2,1H3. The van der Waals surface area contributed by atoms with Gasteiger partial charge in [0.25, 0.3) is 0 Å². The molecule has 1 fully saturated rings. The summed E-state index contributed by atoms with van der Waals surface area (Å²) in [5.74, 6) is 0.865. The Kier molecular flexibility index (Phi) is 7.82. The van der Waals surface area contributed by atoms with Crippen LogP contribution < -0.4 is 5.73 Å². The van der Waals surface area contributed by atoms with Crippen molar-refractivity contribution >= 4 is 0 Å². The molecule has 0 aromatic carbocycles. The van der Waals surface area contributed by atoms with Crippen LogP contribution in [0.25, 0.3) is 0 Å². The van der Waals surface area contributed by atoms with E-state index in [1.54, 1.807) is 0 Å². The molecule has 0 aliphatic heterocycles. The quantitative estimate of drug-likeness (QED) is 0.619. The second-order valence-corrected chi connectivity index (χ2v) is 5.30. The zero-order chi connectivity index (χ0) is 13.3. The fourth-order valence-electron chi connectivity index (χ4n) is 2.79. The van der Waals surface area contributed by atoms with E-state index in [-0.39, 0.29) is 12.2 Å². The average Bonchev–Trinajstić information content (AvgIpc) is 2.41. The van der Waals surface area contributed by atoms with Crippen molar-refractivity contribution < 1.29 is 14.6 Å². The fourth-order valence-corrected chi connectivity index (χ4v) is 2.79. The number of ether oxygens (including phenoxy) is 2. The highest BCUT2D eigenvalue weighted by Gasteiger charge is 2.34. The van der Waals surface area contributed by atoms with E-state index in [2.05, 4.69) is 6.92 Å². The summed E-state index contributed by atoms with van der Waals surface area (Å²) in [6.45, 7) is 4.43. The first-order valence-electron chi connectivity index (χ1n) is 7.29. The van der Waals surface area contributed by atoms with Crippen LogP contribution in [0.3, 0.4) is 0 Å². The molecule has 0 saturated heterocycles. The predicted molar refractivity (Wildman–Crippen MR) is 72.5 cm³/mol. The minimum Gasteiger partial charge on any atom is -0.394 e. The van der Waals surface area contributed by atoms with Gasteiger partial charge in [0.05, 0.1) is 32.0 Å². The van der Waals surface area contributed by atoms with Gasteiger partial charge in [-0.2, -0.15) is 0 Å². The molecule has 1 aliphatic carbocycles. The second kappa shape index (κ2) is 8.86. The van der Waals surface area contributed by atoms with E-state index in [0.29, 0.717) is 26.4 Å². The highest BCUT2D eigenvalue weighted by Crippen LogP contribution is 2.36. The van der Waals surface area contributed by atoms with Gasteiger partial charge in [-0.25, -0.2) is 0 Å². The molecule has 0 heterocycles. The van der Waals surface area contributed by atoms with Crippen molar-refractivity contribution in [2.75, 3.05) is 33.0 Å². The van der Waals surface area contributed by atoms with Crippen molar-refractivity contribution in [1.82, 2.24) is 0 Å². The maximum Gasteiger partial charge on any atom is 0.0805 e. The molecule has 0 aromatic heterocycles. The Hall–Kier alpha value is -0.160. The van der Waals surface area contributed by atoms with Crippen LogP contribution in [-0.2, 0) is 9.47 Å². The van der Waals surface area contributed by atoms with Crippen molar-refractivity contribution in [2.45, 2.75) is 51.0 Å². The van der Waals surface area contributed by atoms with Crippen LogP contribution in [0.4, 0.5) is 0 Å². The van der Waals surface area contributed by atoms with Gasteiger partial charge in [-0.3, -0.25) is 0 Å². The van der Waals surface area contributed by atoms with Crippen LogP contribution in [0.1, 0.15) is 45.4 Å². The Labute approximate surface area is 111 Å². The van der Waals surface area contributed by atoms with E-state index < -0.39 is 0 Å². The lowest BCUT2D eigenvalue weighted by Gasteiger charge is -2.39. The first-order chi connectivity index (χ1) is 8.76. The highest BCUT2D eigenvalue weighted by atomic mass is 16.5. The lowest BCUT2D eigenvalue weighted by atomic mass is 9.77. The lowest BCUT2D eigenvalue weighted by Crippen LogP contribution is -2.44. The number of aliphatic hydroxyl groups excluding tert-OH is 1. The van der Waals surface area contributed by atoms with Crippen LogP contribution in [-0.4, -0.2) is 43.7 Å². The highest BCUT2D eigenvalue weighted by molar-refractivity contribution is 4.88.